The zero-order chi connectivity index (χ0) is 22.7. The van der Waals surface area contributed by atoms with E-state index in [1.165, 1.54) is 0 Å². The molecule has 2 heterocycles. The molecule has 0 atom stereocenters. The number of hydrogen-bond acceptors (Lipinski definition) is 5. The van der Waals surface area contributed by atoms with E-state index in [4.69, 9.17) is 4.74 Å². The molecule has 2 aliphatic heterocycles. The van der Waals surface area contributed by atoms with Gasteiger partial charge < -0.3 is 15.0 Å². The van der Waals surface area contributed by atoms with E-state index < -0.39 is 11.8 Å². The number of fused-ring (bicyclic) bond motifs is 1. The summed E-state index contributed by atoms with van der Waals surface area (Å²) in [4.78, 5) is 52.7. The lowest BCUT2D eigenvalue weighted by Gasteiger charge is -2.32. The minimum atomic E-state index is -0.445. The number of carbonyl (C=O) groups is 4. The highest BCUT2D eigenvalue weighted by Crippen LogP contribution is 2.22. The first-order valence-electron chi connectivity index (χ1n) is 10.6. The summed E-state index contributed by atoms with van der Waals surface area (Å²) in [5, 5.41) is 2.90. The minimum absolute atomic E-state index is 0.0472. The normalized spacial score (nSPS) is 16.2. The van der Waals surface area contributed by atoms with E-state index in [1.54, 1.807) is 36.3 Å². The lowest BCUT2D eigenvalue weighted by molar-refractivity contribution is -0.131. The van der Waals surface area contributed by atoms with E-state index in [0.29, 0.717) is 43.5 Å². The zero-order valence-electron chi connectivity index (χ0n) is 17.9. The number of likely N-dealkylation sites (tertiary alicyclic amines) is 1. The molecule has 1 fully saturated rings. The van der Waals surface area contributed by atoms with Gasteiger partial charge in [0.15, 0.2) is 0 Å². The maximum absolute atomic E-state index is 12.6. The number of amides is 4. The van der Waals surface area contributed by atoms with Crippen LogP contribution in [0.5, 0.6) is 5.75 Å². The molecular weight excluding hydrogens is 410 g/mol. The molecule has 0 aliphatic carbocycles. The van der Waals surface area contributed by atoms with Gasteiger partial charge in [0.05, 0.1) is 24.7 Å². The van der Waals surface area contributed by atoms with E-state index in [0.717, 1.165) is 16.2 Å². The molecule has 0 aromatic heterocycles. The molecule has 0 radical (unpaired) electrons. The fraction of sp³-hybridized carbons (Fsp3) is 0.333. The van der Waals surface area contributed by atoms with Gasteiger partial charge in [-0.05, 0) is 42.7 Å². The highest BCUT2D eigenvalue weighted by atomic mass is 16.5. The molecule has 0 bridgehead atoms. The van der Waals surface area contributed by atoms with Gasteiger partial charge in [-0.1, -0.05) is 24.3 Å². The largest absolute Gasteiger partial charge is 0.497 e. The lowest BCUT2D eigenvalue weighted by Crippen LogP contribution is -2.49. The summed E-state index contributed by atoms with van der Waals surface area (Å²) in [7, 11) is 1.60. The second kappa shape index (κ2) is 9.21. The van der Waals surface area contributed by atoms with Crippen LogP contribution in [-0.4, -0.2) is 66.2 Å². The van der Waals surface area contributed by atoms with Gasteiger partial charge in [-0.3, -0.25) is 24.1 Å². The molecular formula is C24H25N3O5. The van der Waals surface area contributed by atoms with Crippen molar-refractivity contribution in [2.24, 2.45) is 0 Å². The first-order valence-corrected chi connectivity index (χ1v) is 10.6. The van der Waals surface area contributed by atoms with Crippen molar-refractivity contribution in [3.05, 3.63) is 65.2 Å². The van der Waals surface area contributed by atoms with Gasteiger partial charge in [0.25, 0.3) is 11.8 Å². The van der Waals surface area contributed by atoms with Crippen molar-refractivity contribution in [3.8, 4) is 5.75 Å². The minimum Gasteiger partial charge on any atom is -0.497 e. The Balaban J connectivity index is 1.24. The molecule has 2 aromatic rings. The highest BCUT2D eigenvalue weighted by molar-refractivity contribution is 6.22. The van der Waals surface area contributed by atoms with Crippen molar-refractivity contribution in [3.63, 3.8) is 0 Å². The lowest BCUT2D eigenvalue weighted by atomic mass is 10.0. The van der Waals surface area contributed by atoms with Crippen LogP contribution in [0.4, 0.5) is 0 Å². The summed E-state index contributed by atoms with van der Waals surface area (Å²) in [6, 6.07) is 13.9. The Kier molecular flexibility index (Phi) is 6.20. The maximum Gasteiger partial charge on any atom is 0.262 e. The number of imide groups is 1. The Labute approximate surface area is 186 Å². The van der Waals surface area contributed by atoms with Crippen LogP contribution < -0.4 is 10.1 Å². The quantitative estimate of drug-likeness (QED) is 0.696. The molecule has 4 amide bonds. The average Bonchev–Trinajstić information content (AvgIpc) is 3.05. The summed E-state index contributed by atoms with van der Waals surface area (Å²) in [5.41, 5.74) is 1.58. The van der Waals surface area contributed by atoms with Gasteiger partial charge in [-0.2, -0.15) is 0 Å². The van der Waals surface area contributed by atoms with Crippen molar-refractivity contribution >= 4 is 23.6 Å². The van der Waals surface area contributed by atoms with Crippen LogP contribution in [0.15, 0.2) is 48.5 Å². The SMILES string of the molecule is COc1ccc(CC(=O)N2CCC(NC(=O)CN3C(=O)c4ccccc4C3=O)CC2)cc1. The molecule has 1 saturated heterocycles. The van der Waals surface area contributed by atoms with Crippen molar-refractivity contribution in [1.29, 1.82) is 0 Å². The fourth-order valence-electron chi connectivity index (χ4n) is 4.10. The van der Waals surface area contributed by atoms with E-state index in [-0.39, 0.29) is 24.4 Å². The predicted octanol–water partition coefficient (Wildman–Crippen LogP) is 1.64. The first kappa shape index (κ1) is 21.5. The van der Waals surface area contributed by atoms with E-state index >= 15 is 0 Å². The zero-order valence-corrected chi connectivity index (χ0v) is 17.9. The number of piperidine rings is 1. The topological polar surface area (TPSA) is 96.0 Å². The summed E-state index contributed by atoms with van der Waals surface area (Å²) in [6.07, 6.45) is 1.57. The Bertz CT molecular complexity index is 1010. The summed E-state index contributed by atoms with van der Waals surface area (Å²) < 4.78 is 5.13. The van der Waals surface area contributed by atoms with Gasteiger partial charge in [-0.25, -0.2) is 0 Å². The Morgan fingerprint density at radius 3 is 2.12 bits per heavy atom. The summed E-state index contributed by atoms with van der Waals surface area (Å²) in [5.74, 6) is -0.466. The van der Waals surface area contributed by atoms with Crippen LogP contribution in [0.2, 0.25) is 0 Å². The van der Waals surface area contributed by atoms with E-state index in [9.17, 15) is 19.2 Å². The number of hydrogen-bond donors (Lipinski definition) is 1. The number of carbonyl (C=O) groups excluding carboxylic acids is 4. The van der Waals surface area contributed by atoms with Crippen LogP contribution in [0.25, 0.3) is 0 Å². The highest BCUT2D eigenvalue weighted by Gasteiger charge is 2.36. The molecule has 2 aliphatic rings. The van der Waals surface area contributed by atoms with Gasteiger partial charge >= 0.3 is 0 Å². The van der Waals surface area contributed by atoms with Crippen LogP contribution in [-0.2, 0) is 16.0 Å². The number of benzene rings is 2. The van der Waals surface area contributed by atoms with Gasteiger partial charge in [0.2, 0.25) is 11.8 Å². The van der Waals surface area contributed by atoms with E-state index in [1.807, 2.05) is 24.3 Å². The van der Waals surface area contributed by atoms with Gasteiger partial charge in [-0.15, -0.1) is 0 Å². The third-order valence-corrected chi connectivity index (χ3v) is 5.91. The predicted molar refractivity (Wildman–Crippen MR) is 116 cm³/mol. The third kappa shape index (κ3) is 4.49. The van der Waals surface area contributed by atoms with Crippen LogP contribution in [0.1, 0.15) is 39.1 Å². The number of rotatable bonds is 6. The van der Waals surface area contributed by atoms with E-state index in [2.05, 4.69) is 5.32 Å². The van der Waals surface area contributed by atoms with Crippen LogP contribution in [0.3, 0.4) is 0 Å². The monoisotopic (exact) mass is 435 g/mol. The van der Waals surface area contributed by atoms with Crippen molar-refractivity contribution < 1.29 is 23.9 Å². The third-order valence-electron chi connectivity index (χ3n) is 5.91. The second-order valence-electron chi connectivity index (χ2n) is 7.99. The van der Waals surface area contributed by atoms with Crippen LogP contribution >= 0.6 is 0 Å². The Morgan fingerprint density at radius 1 is 0.969 bits per heavy atom. The van der Waals surface area contributed by atoms with Crippen molar-refractivity contribution in [1.82, 2.24) is 15.1 Å². The number of nitrogens with one attached hydrogen (secondary N) is 1. The Hall–Kier alpha value is -3.68. The summed E-state index contributed by atoms with van der Waals surface area (Å²) >= 11 is 0. The first-order chi connectivity index (χ1) is 15.5. The second-order valence-corrected chi connectivity index (χ2v) is 7.99. The van der Waals surface area contributed by atoms with Crippen LogP contribution in [0, 0.1) is 0 Å². The molecule has 4 rings (SSSR count). The number of nitrogens with zero attached hydrogens (tertiary/aromatic N) is 2. The molecule has 1 N–H and O–H groups in total. The van der Waals surface area contributed by atoms with Crippen molar-refractivity contribution in [2.75, 3.05) is 26.7 Å². The number of methoxy groups -OCH3 is 1. The molecule has 0 spiro atoms. The molecule has 32 heavy (non-hydrogen) atoms. The smallest absolute Gasteiger partial charge is 0.262 e. The standard InChI is InChI=1S/C24H25N3O5/c1-32-18-8-6-16(7-9-18)14-22(29)26-12-10-17(11-13-26)25-21(28)15-27-23(30)19-4-2-3-5-20(19)24(27)31/h2-9,17H,10-15H2,1H3,(H,25,28). The molecule has 0 saturated carbocycles. The molecule has 2 aromatic carbocycles. The Morgan fingerprint density at radius 2 is 1.56 bits per heavy atom. The fourth-order valence-corrected chi connectivity index (χ4v) is 4.10. The van der Waals surface area contributed by atoms with Gasteiger partial charge in [0, 0.05) is 19.1 Å². The molecule has 166 valence electrons. The van der Waals surface area contributed by atoms with Gasteiger partial charge in [0.1, 0.15) is 12.3 Å². The average molecular weight is 435 g/mol. The van der Waals surface area contributed by atoms with Crippen molar-refractivity contribution in [2.45, 2.75) is 25.3 Å². The molecule has 8 heteroatoms. The molecule has 0 unspecified atom stereocenters. The number of ether oxygens (including phenoxy) is 1. The summed E-state index contributed by atoms with van der Waals surface area (Å²) in [6.45, 7) is 0.795. The maximum atomic E-state index is 12.6. The molecule has 8 nitrogen and oxygen atoms in total.